The zero-order chi connectivity index (χ0) is 23.9. The maximum atomic E-state index is 12.8. The molecule has 3 atom stereocenters. The SMILES string of the molecule is CC(C)c1c[nH]c(=O)c2ccccc12.C[C@]12CCC[C@H]1CN(C(=O)C1CCc3cn[nH]c3C1)C2. The van der Waals surface area contributed by atoms with Gasteiger partial charge in [0, 0.05) is 42.7 Å². The number of amides is 1. The van der Waals surface area contributed by atoms with Crippen molar-refractivity contribution in [3.63, 3.8) is 0 Å². The first-order chi connectivity index (χ1) is 16.4. The Morgan fingerprint density at radius 3 is 2.76 bits per heavy atom. The summed E-state index contributed by atoms with van der Waals surface area (Å²) in [5.41, 5.74) is 4.08. The van der Waals surface area contributed by atoms with Crippen LogP contribution in [-0.2, 0) is 17.6 Å². The van der Waals surface area contributed by atoms with Crippen LogP contribution >= 0.6 is 0 Å². The van der Waals surface area contributed by atoms with E-state index in [2.05, 4.69) is 40.9 Å². The summed E-state index contributed by atoms with van der Waals surface area (Å²) in [6.45, 7) is 8.62. The molecule has 2 aliphatic carbocycles. The highest BCUT2D eigenvalue weighted by molar-refractivity contribution is 5.84. The van der Waals surface area contributed by atoms with E-state index in [1.54, 1.807) is 0 Å². The van der Waals surface area contributed by atoms with Crippen LogP contribution in [0, 0.1) is 17.3 Å². The van der Waals surface area contributed by atoms with Gasteiger partial charge in [0.25, 0.3) is 5.56 Å². The number of fused-ring (bicyclic) bond motifs is 3. The molecular formula is C28H36N4O2. The van der Waals surface area contributed by atoms with E-state index in [0.29, 0.717) is 17.2 Å². The highest BCUT2D eigenvalue weighted by Gasteiger charge is 2.48. The van der Waals surface area contributed by atoms with Gasteiger partial charge in [0.2, 0.25) is 5.91 Å². The Hall–Kier alpha value is -2.89. The maximum Gasteiger partial charge on any atom is 0.255 e. The van der Waals surface area contributed by atoms with Crippen LogP contribution in [0.5, 0.6) is 0 Å². The van der Waals surface area contributed by atoms with E-state index in [1.807, 2.05) is 36.7 Å². The fourth-order valence-electron chi connectivity index (χ4n) is 6.35. The molecule has 1 aliphatic heterocycles. The van der Waals surface area contributed by atoms with Gasteiger partial charge >= 0.3 is 0 Å². The lowest BCUT2D eigenvalue weighted by Crippen LogP contribution is -2.38. The number of carbonyl (C=O) groups is 1. The van der Waals surface area contributed by atoms with Gasteiger partial charge in [-0.05, 0) is 65.5 Å². The van der Waals surface area contributed by atoms with Gasteiger partial charge in [-0.2, -0.15) is 5.10 Å². The number of aryl methyl sites for hydroxylation is 1. The van der Waals surface area contributed by atoms with E-state index < -0.39 is 0 Å². The van der Waals surface area contributed by atoms with Crippen molar-refractivity contribution >= 4 is 16.7 Å². The number of hydrogen-bond acceptors (Lipinski definition) is 3. The van der Waals surface area contributed by atoms with Gasteiger partial charge in [0.15, 0.2) is 0 Å². The number of benzene rings is 1. The van der Waals surface area contributed by atoms with Crippen LogP contribution in [0.15, 0.2) is 41.5 Å². The van der Waals surface area contributed by atoms with E-state index in [0.717, 1.165) is 49.0 Å². The average Bonchev–Trinajstić information content (AvgIpc) is 3.52. The minimum Gasteiger partial charge on any atom is -0.342 e. The Labute approximate surface area is 201 Å². The highest BCUT2D eigenvalue weighted by Crippen LogP contribution is 2.48. The zero-order valence-corrected chi connectivity index (χ0v) is 20.6. The molecule has 1 amide bonds. The summed E-state index contributed by atoms with van der Waals surface area (Å²) in [6, 6.07) is 7.72. The van der Waals surface area contributed by atoms with Crippen molar-refractivity contribution in [2.24, 2.45) is 17.3 Å². The molecule has 3 aromatic rings. The lowest BCUT2D eigenvalue weighted by Gasteiger charge is -2.28. The number of aromatic amines is 2. The molecule has 2 aromatic heterocycles. The Kier molecular flexibility index (Phi) is 6.09. The van der Waals surface area contributed by atoms with Gasteiger partial charge < -0.3 is 9.88 Å². The first-order valence-corrected chi connectivity index (χ1v) is 12.8. The highest BCUT2D eigenvalue weighted by atomic mass is 16.2. The summed E-state index contributed by atoms with van der Waals surface area (Å²) in [5.74, 6) is 1.74. The molecule has 180 valence electrons. The molecule has 1 saturated carbocycles. The molecule has 2 N–H and O–H groups in total. The Morgan fingerprint density at radius 1 is 1.21 bits per heavy atom. The van der Waals surface area contributed by atoms with Crippen LogP contribution in [0.4, 0.5) is 0 Å². The first-order valence-electron chi connectivity index (χ1n) is 12.8. The summed E-state index contributed by atoms with van der Waals surface area (Å²) in [4.78, 5) is 29.2. The summed E-state index contributed by atoms with van der Waals surface area (Å²) in [5, 5.41) is 9.00. The molecule has 6 rings (SSSR count). The molecule has 0 spiro atoms. The van der Waals surface area contributed by atoms with Crippen molar-refractivity contribution in [1.29, 1.82) is 0 Å². The van der Waals surface area contributed by atoms with E-state index >= 15 is 0 Å². The van der Waals surface area contributed by atoms with E-state index in [4.69, 9.17) is 0 Å². The summed E-state index contributed by atoms with van der Waals surface area (Å²) >= 11 is 0. The van der Waals surface area contributed by atoms with Gasteiger partial charge in [-0.1, -0.05) is 45.4 Å². The second kappa shape index (κ2) is 9.05. The van der Waals surface area contributed by atoms with Gasteiger partial charge in [0.1, 0.15) is 0 Å². The lowest BCUT2D eigenvalue weighted by molar-refractivity contribution is -0.135. The van der Waals surface area contributed by atoms with E-state index in [-0.39, 0.29) is 11.5 Å². The number of nitrogens with zero attached hydrogens (tertiary/aromatic N) is 2. The Balaban J connectivity index is 0.000000152. The third kappa shape index (κ3) is 4.19. The van der Waals surface area contributed by atoms with Gasteiger partial charge in [0.05, 0.1) is 6.20 Å². The van der Waals surface area contributed by atoms with Crippen LogP contribution in [0.2, 0.25) is 0 Å². The van der Waals surface area contributed by atoms with E-state index in [1.165, 1.54) is 36.1 Å². The predicted molar refractivity (Wildman–Crippen MR) is 135 cm³/mol. The smallest absolute Gasteiger partial charge is 0.255 e. The molecule has 1 saturated heterocycles. The molecule has 34 heavy (non-hydrogen) atoms. The monoisotopic (exact) mass is 460 g/mol. The average molecular weight is 461 g/mol. The fraction of sp³-hybridized carbons (Fsp3) is 0.536. The number of nitrogens with one attached hydrogen (secondary N) is 2. The van der Waals surface area contributed by atoms with Crippen LogP contribution in [0.1, 0.15) is 69.2 Å². The van der Waals surface area contributed by atoms with Crippen molar-refractivity contribution in [3.8, 4) is 0 Å². The number of H-pyrrole nitrogens is 2. The second-order valence-corrected chi connectivity index (χ2v) is 11.0. The number of hydrogen-bond donors (Lipinski definition) is 2. The summed E-state index contributed by atoms with van der Waals surface area (Å²) in [7, 11) is 0. The molecule has 1 aromatic carbocycles. The van der Waals surface area contributed by atoms with Crippen LogP contribution in [0.3, 0.4) is 0 Å². The number of rotatable bonds is 2. The van der Waals surface area contributed by atoms with Crippen molar-refractivity contribution < 1.29 is 4.79 Å². The molecule has 1 unspecified atom stereocenters. The van der Waals surface area contributed by atoms with Gasteiger partial charge in [-0.15, -0.1) is 0 Å². The third-order valence-electron chi connectivity index (χ3n) is 8.42. The maximum absolute atomic E-state index is 12.8. The van der Waals surface area contributed by atoms with Gasteiger partial charge in [-0.3, -0.25) is 14.7 Å². The molecule has 2 fully saturated rings. The van der Waals surface area contributed by atoms with Crippen molar-refractivity contribution in [1.82, 2.24) is 20.1 Å². The van der Waals surface area contributed by atoms with Crippen molar-refractivity contribution in [2.45, 2.75) is 65.2 Å². The minimum atomic E-state index is -0.00926. The molecule has 3 heterocycles. The molecule has 3 aliphatic rings. The summed E-state index contributed by atoms with van der Waals surface area (Å²) < 4.78 is 0. The van der Waals surface area contributed by atoms with Crippen LogP contribution in [0.25, 0.3) is 10.8 Å². The van der Waals surface area contributed by atoms with Crippen LogP contribution < -0.4 is 5.56 Å². The largest absolute Gasteiger partial charge is 0.342 e. The van der Waals surface area contributed by atoms with Gasteiger partial charge in [-0.25, -0.2) is 0 Å². The quantitative estimate of drug-likeness (QED) is 0.576. The Morgan fingerprint density at radius 2 is 2.00 bits per heavy atom. The molecular weight excluding hydrogens is 424 g/mol. The number of pyridine rings is 1. The molecule has 6 nitrogen and oxygen atoms in total. The molecule has 6 heteroatoms. The zero-order valence-electron chi connectivity index (χ0n) is 20.6. The number of likely N-dealkylation sites (tertiary alicyclic amines) is 1. The number of carbonyl (C=O) groups excluding carboxylic acids is 1. The topological polar surface area (TPSA) is 81.8 Å². The third-order valence-corrected chi connectivity index (χ3v) is 8.42. The molecule has 0 bridgehead atoms. The molecule has 0 radical (unpaired) electrons. The number of aromatic nitrogens is 3. The minimum absolute atomic E-state index is 0.00926. The normalized spacial score (nSPS) is 25.7. The first kappa shape index (κ1) is 22.9. The van der Waals surface area contributed by atoms with E-state index in [9.17, 15) is 9.59 Å². The van der Waals surface area contributed by atoms with Crippen LogP contribution in [-0.4, -0.2) is 39.1 Å². The van der Waals surface area contributed by atoms with Crippen molar-refractivity contribution in [3.05, 3.63) is 63.8 Å². The fourth-order valence-corrected chi connectivity index (χ4v) is 6.35. The second-order valence-electron chi connectivity index (χ2n) is 11.0. The summed E-state index contributed by atoms with van der Waals surface area (Å²) in [6.07, 6.45) is 10.5. The lowest BCUT2D eigenvalue weighted by atomic mass is 9.83. The Bertz CT molecular complexity index is 1240. The standard InChI is InChI=1S/C16H23N3O.C12H13NO/c1-16-6-2-3-13(16)9-19(10-16)15(20)11-4-5-12-8-17-18-14(12)7-11;1-8(2)11-7-13-12(14)10-6-4-3-5-9(10)11/h8,11,13H,2-7,9-10H2,1H3,(H,17,18);3-8H,1-2H3,(H,13,14)/t11?,13-,16+;/m0./s1. The van der Waals surface area contributed by atoms with Crippen molar-refractivity contribution in [2.75, 3.05) is 13.1 Å². The predicted octanol–water partition coefficient (Wildman–Crippen LogP) is 4.81.